The molecule has 5 heteroatoms. The highest BCUT2D eigenvalue weighted by Gasteiger charge is 2.38. The second-order valence-corrected chi connectivity index (χ2v) is 6.78. The maximum Gasteiger partial charge on any atom is 0.325 e. The molecule has 0 aromatic heterocycles. The van der Waals surface area contributed by atoms with E-state index < -0.39 is 5.54 Å². The van der Waals surface area contributed by atoms with Crippen molar-refractivity contribution in [2.24, 2.45) is 5.92 Å². The number of esters is 1. The van der Waals surface area contributed by atoms with Gasteiger partial charge in [0.1, 0.15) is 5.54 Å². The lowest BCUT2D eigenvalue weighted by Crippen LogP contribution is -2.56. The first-order chi connectivity index (χ1) is 9.82. The molecule has 0 bridgehead atoms. The van der Waals surface area contributed by atoms with Gasteiger partial charge in [-0.05, 0) is 53.0 Å². The average Bonchev–Trinajstić information content (AvgIpc) is 2.85. The van der Waals surface area contributed by atoms with Crippen molar-refractivity contribution in [2.45, 2.75) is 58.2 Å². The van der Waals surface area contributed by atoms with Crippen molar-refractivity contribution < 1.29 is 14.3 Å². The van der Waals surface area contributed by atoms with Gasteiger partial charge in [-0.3, -0.25) is 10.1 Å². The summed E-state index contributed by atoms with van der Waals surface area (Å²) in [6, 6.07) is 0.573. The third-order valence-electron chi connectivity index (χ3n) is 4.29. The van der Waals surface area contributed by atoms with Gasteiger partial charge in [-0.2, -0.15) is 0 Å². The van der Waals surface area contributed by atoms with Crippen LogP contribution >= 0.6 is 0 Å². The minimum absolute atomic E-state index is 0.185. The molecule has 0 spiro atoms. The van der Waals surface area contributed by atoms with Crippen LogP contribution in [0.4, 0.5) is 0 Å². The Hall–Kier alpha value is -0.650. The van der Waals surface area contributed by atoms with E-state index >= 15 is 0 Å². The Kier molecular flexibility index (Phi) is 7.10. The van der Waals surface area contributed by atoms with Gasteiger partial charge in [-0.15, -0.1) is 0 Å². The Bertz CT molecular complexity index is 335. The van der Waals surface area contributed by atoms with Crippen LogP contribution < -0.4 is 5.32 Å². The van der Waals surface area contributed by atoms with Gasteiger partial charge in [0.2, 0.25) is 0 Å². The van der Waals surface area contributed by atoms with Gasteiger partial charge < -0.3 is 14.4 Å². The molecule has 1 fully saturated rings. The third-order valence-corrected chi connectivity index (χ3v) is 4.29. The molecule has 3 unspecified atom stereocenters. The molecule has 0 aliphatic carbocycles. The molecule has 0 aromatic rings. The highest BCUT2D eigenvalue weighted by atomic mass is 16.5. The van der Waals surface area contributed by atoms with E-state index in [-0.39, 0.29) is 12.0 Å². The van der Waals surface area contributed by atoms with Crippen molar-refractivity contribution in [1.82, 2.24) is 10.2 Å². The smallest absolute Gasteiger partial charge is 0.325 e. The predicted octanol–water partition coefficient (Wildman–Crippen LogP) is 1.66. The summed E-state index contributed by atoms with van der Waals surface area (Å²) >= 11 is 0. The fourth-order valence-electron chi connectivity index (χ4n) is 3.42. The summed E-state index contributed by atoms with van der Waals surface area (Å²) in [4.78, 5) is 14.6. The Morgan fingerprint density at radius 1 is 1.38 bits per heavy atom. The number of hydrogen-bond acceptors (Lipinski definition) is 5. The minimum Gasteiger partial charge on any atom is -0.468 e. The predicted molar refractivity (Wildman–Crippen MR) is 84.3 cm³/mol. The van der Waals surface area contributed by atoms with Crippen LogP contribution in [0.1, 0.15) is 40.5 Å². The first-order valence-corrected chi connectivity index (χ1v) is 7.91. The lowest BCUT2D eigenvalue weighted by molar-refractivity contribution is -0.149. The van der Waals surface area contributed by atoms with E-state index in [9.17, 15) is 4.79 Å². The number of likely N-dealkylation sites (tertiary alicyclic amines) is 1. The Morgan fingerprint density at radius 3 is 2.57 bits per heavy atom. The second-order valence-electron chi connectivity index (χ2n) is 6.78. The molecule has 21 heavy (non-hydrogen) atoms. The van der Waals surface area contributed by atoms with Gasteiger partial charge in [0.05, 0.1) is 13.7 Å². The molecule has 1 saturated heterocycles. The van der Waals surface area contributed by atoms with E-state index in [0.717, 1.165) is 26.1 Å². The molecule has 1 aliphatic rings. The Morgan fingerprint density at radius 2 is 2.05 bits per heavy atom. The standard InChI is InChI=1S/C16H32N2O3/c1-12(2)17-16(4,15(19)21-6)9-13(3)18-8-7-14(10-18)11-20-5/h12-14,17H,7-11H2,1-6H3. The molecule has 1 rings (SSSR count). The summed E-state index contributed by atoms with van der Waals surface area (Å²) in [5, 5.41) is 3.37. The first kappa shape index (κ1) is 18.4. The fraction of sp³-hybridized carbons (Fsp3) is 0.938. The highest BCUT2D eigenvalue weighted by Crippen LogP contribution is 2.24. The minimum atomic E-state index is -0.637. The molecule has 3 atom stereocenters. The fourth-order valence-corrected chi connectivity index (χ4v) is 3.42. The molecular formula is C16H32N2O3. The molecule has 0 saturated carbocycles. The van der Waals surface area contributed by atoms with Crippen LogP contribution in [0.15, 0.2) is 0 Å². The Balaban J connectivity index is 2.64. The molecule has 1 N–H and O–H groups in total. The molecule has 0 radical (unpaired) electrons. The molecule has 0 aromatic carbocycles. The summed E-state index contributed by atoms with van der Waals surface area (Å²) in [5.74, 6) is 0.426. The van der Waals surface area contributed by atoms with Gasteiger partial charge in [-0.1, -0.05) is 0 Å². The number of rotatable bonds is 8. The number of ether oxygens (including phenoxy) is 2. The van der Waals surface area contributed by atoms with Gasteiger partial charge >= 0.3 is 5.97 Å². The second kappa shape index (κ2) is 8.11. The molecular weight excluding hydrogens is 268 g/mol. The van der Waals surface area contributed by atoms with E-state index in [1.54, 1.807) is 7.11 Å². The molecule has 1 heterocycles. The maximum atomic E-state index is 12.2. The van der Waals surface area contributed by atoms with Crippen LogP contribution in [0.25, 0.3) is 0 Å². The number of nitrogens with one attached hydrogen (secondary N) is 1. The van der Waals surface area contributed by atoms with Gasteiger partial charge in [0.15, 0.2) is 0 Å². The quantitative estimate of drug-likeness (QED) is 0.691. The van der Waals surface area contributed by atoms with Crippen LogP contribution in [-0.2, 0) is 14.3 Å². The Labute approximate surface area is 129 Å². The highest BCUT2D eigenvalue weighted by molar-refractivity contribution is 5.80. The average molecular weight is 300 g/mol. The zero-order valence-corrected chi connectivity index (χ0v) is 14.4. The maximum absolute atomic E-state index is 12.2. The topological polar surface area (TPSA) is 50.8 Å². The van der Waals surface area contributed by atoms with E-state index in [4.69, 9.17) is 9.47 Å². The van der Waals surface area contributed by atoms with E-state index in [2.05, 4.69) is 31.0 Å². The number of methoxy groups -OCH3 is 2. The number of hydrogen-bond donors (Lipinski definition) is 1. The van der Waals surface area contributed by atoms with Crippen molar-refractivity contribution in [3.63, 3.8) is 0 Å². The van der Waals surface area contributed by atoms with Crippen LogP contribution in [0.5, 0.6) is 0 Å². The van der Waals surface area contributed by atoms with Crippen LogP contribution in [-0.4, -0.2) is 62.4 Å². The van der Waals surface area contributed by atoms with Crippen molar-refractivity contribution in [3.8, 4) is 0 Å². The van der Waals surface area contributed by atoms with Crippen LogP contribution in [0.3, 0.4) is 0 Å². The SMILES string of the molecule is COCC1CCN(C(C)CC(C)(NC(C)C)C(=O)OC)C1. The first-order valence-electron chi connectivity index (χ1n) is 7.91. The zero-order chi connectivity index (χ0) is 16.0. The van der Waals surface area contributed by atoms with Crippen molar-refractivity contribution in [1.29, 1.82) is 0 Å². The third kappa shape index (κ3) is 5.24. The van der Waals surface area contributed by atoms with Crippen molar-refractivity contribution in [2.75, 3.05) is 33.9 Å². The monoisotopic (exact) mass is 300 g/mol. The summed E-state index contributed by atoms with van der Waals surface area (Å²) in [7, 11) is 3.21. The van der Waals surface area contributed by atoms with Crippen LogP contribution in [0, 0.1) is 5.92 Å². The largest absolute Gasteiger partial charge is 0.468 e. The number of carbonyl (C=O) groups excluding carboxylic acids is 1. The molecule has 1 aliphatic heterocycles. The number of nitrogens with zero attached hydrogens (tertiary/aromatic N) is 1. The van der Waals surface area contributed by atoms with Gasteiger partial charge in [0.25, 0.3) is 0 Å². The summed E-state index contributed by atoms with van der Waals surface area (Å²) < 4.78 is 10.2. The van der Waals surface area contributed by atoms with Gasteiger partial charge in [-0.25, -0.2) is 0 Å². The summed E-state index contributed by atoms with van der Waals surface area (Å²) in [6.07, 6.45) is 1.92. The van der Waals surface area contributed by atoms with Gasteiger partial charge in [0, 0.05) is 25.7 Å². The summed E-state index contributed by atoms with van der Waals surface area (Å²) in [6.45, 7) is 11.2. The number of carbonyl (C=O) groups is 1. The van der Waals surface area contributed by atoms with E-state index in [1.165, 1.54) is 13.5 Å². The van der Waals surface area contributed by atoms with Crippen molar-refractivity contribution >= 4 is 5.97 Å². The van der Waals surface area contributed by atoms with E-state index in [0.29, 0.717) is 12.0 Å². The van der Waals surface area contributed by atoms with Crippen molar-refractivity contribution in [3.05, 3.63) is 0 Å². The molecule has 0 amide bonds. The normalized spacial score (nSPS) is 24.0. The van der Waals surface area contributed by atoms with Crippen LogP contribution in [0.2, 0.25) is 0 Å². The lowest BCUT2D eigenvalue weighted by atomic mass is 9.92. The van der Waals surface area contributed by atoms with E-state index in [1.807, 2.05) is 6.92 Å². The molecule has 5 nitrogen and oxygen atoms in total. The zero-order valence-electron chi connectivity index (χ0n) is 14.4. The lowest BCUT2D eigenvalue weighted by Gasteiger charge is -2.35. The summed E-state index contributed by atoms with van der Waals surface area (Å²) in [5.41, 5.74) is -0.637. The molecule has 124 valence electrons.